The van der Waals surface area contributed by atoms with Gasteiger partial charge in [0.2, 0.25) is 5.78 Å². The highest BCUT2D eigenvalue weighted by Gasteiger charge is 2.63. The van der Waals surface area contributed by atoms with Crippen LogP contribution in [0.25, 0.3) is 10.8 Å². The molecule has 2 rings (SSSR count). The third kappa shape index (κ3) is 3.04. The Morgan fingerprint density at radius 1 is 1.08 bits per heavy atom. The predicted octanol–water partition coefficient (Wildman–Crippen LogP) is 3.70. The molecule has 0 atom stereocenters. The van der Waals surface area contributed by atoms with Crippen LogP contribution in [-0.4, -0.2) is 23.0 Å². The fraction of sp³-hybridized carbons (Fsp3) is 0.188. The molecule has 2 aromatic rings. The molecule has 24 heavy (non-hydrogen) atoms. The van der Waals surface area contributed by atoms with E-state index in [-0.39, 0.29) is 11.3 Å². The number of phenolic OH excluding ortho intramolecular Hbond substituents is 1. The van der Waals surface area contributed by atoms with E-state index in [4.69, 9.17) is 5.73 Å². The Labute approximate surface area is 133 Å². The second-order valence-electron chi connectivity index (χ2n) is 5.05. The molecular formula is C16H12F5NO2. The van der Waals surface area contributed by atoms with Gasteiger partial charge < -0.3 is 10.8 Å². The Balaban J connectivity index is 2.46. The molecule has 0 aliphatic heterocycles. The first-order valence-corrected chi connectivity index (χ1v) is 6.69. The number of rotatable bonds is 4. The van der Waals surface area contributed by atoms with Gasteiger partial charge in [-0.15, -0.1) is 0 Å². The van der Waals surface area contributed by atoms with Crippen molar-refractivity contribution in [3.8, 4) is 5.75 Å². The van der Waals surface area contributed by atoms with E-state index in [1.807, 2.05) is 0 Å². The number of allylic oxidation sites excluding steroid dienone is 1. The first kappa shape index (κ1) is 17.7. The molecule has 0 aliphatic rings. The number of alkyl halides is 5. The molecule has 3 nitrogen and oxygen atoms in total. The van der Waals surface area contributed by atoms with Crippen LogP contribution in [0.15, 0.2) is 48.2 Å². The van der Waals surface area contributed by atoms with Crippen LogP contribution in [0.1, 0.15) is 5.56 Å². The average molecular weight is 345 g/mol. The number of benzene rings is 2. The van der Waals surface area contributed by atoms with E-state index in [9.17, 15) is 31.9 Å². The summed E-state index contributed by atoms with van der Waals surface area (Å²) in [7, 11) is 0. The van der Waals surface area contributed by atoms with E-state index in [0.29, 0.717) is 17.0 Å². The summed E-state index contributed by atoms with van der Waals surface area (Å²) in [5.74, 6) is -8.33. The van der Waals surface area contributed by atoms with Gasteiger partial charge in [-0.25, -0.2) is 0 Å². The number of hydrogen-bond acceptors (Lipinski definition) is 3. The smallest absolute Gasteiger partial charge is 0.461 e. The first-order valence-electron chi connectivity index (χ1n) is 6.69. The van der Waals surface area contributed by atoms with Gasteiger partial charge in [0.05, 0.1) is 0 Å². The molecule has 0 aromatic heterocycles. The van der Waals surface area contributed by atoms with Gasteiger partial charge in [0.15, 0.2) is 0 Å². The molecule has 0 heterocycles. The van der Waals surface area contributed by atoms with Crippen molar-refractivity contribution in [2.75, 3.05) is 0 Å². The Kier molecular flexibility index (Phi) is 4.50. The van der Waals surface area contributed by atoms with E-state index in [1.54, 1.807) is 30.3 Å². The minimum absolute atomic E-state index is 0.0381. The fourth-order valence-corrected chi connectivity index (χ4v) is 2.25. The van der Waals surface area contributed by atoms with Crippen LogP contribution in [0.3, 0.4) is 0 Å². The summed E-state index contributed by atoms with van der Waals surface area (Å²) in [6.07, 6.45) is -6.28. The van der Waals surface area contributed by atoms with E-state index < -0.39 is 29.9 Å². The van der Waals surface area contributed by atoms with Crippen molar-refractivity contribution < 1.29 is 31.9 Å². The second-order valence-corrected chi connectivity index (χ2v) is 5.05. The average Bonchev–Trinajstić information content (AvgIpc) is 2.52. The van der Waals surface area contributed by atoms with Crippen LogP contribution in [0, 0.1) is 0 Å². The number of fused-ring (bicyclic) bond motifs is 1. The maximum absolute atomic E-state index is 13.2. The maximum atomic E-state index is 13.2. The van der Waals surface area contributed by atoms with Gasteiger partial charge in [-0.1, -0.05) is 30.3 Å². The number of nitrogens with two attached hydrogens (primary N) is 1. The van der Waals surface area contributed by atoms with Gasteiger partial charge in [-0.3, -0.25) is 4.79 Å². The second kappa shape index (κ2) is 6.10. The maximum Gasteiger partial charge on any atom is 0.461 e. The summed E-state index contributed by atoms with van der Waals surface area (Å²) in [6.45, 7) is 0. The third-order valence-corrected chi connectivity index (χ3v) is 3.52. The van der Waals surface area contributed by atoms with Crippen LogP contribution in [0.2, 0.25) is 0 Å². The molecule has 0 unspecified atom stereocenters. The molecule has 0 saturated heterocycles. The third-order valence-electron chi connectivity index (χ3n) is 3.52. The lowest BCUT2D eigenvalue weighted by Crippen LogP contribution is -2.45. The molecule has 0 fully saturated rings. The van der Waals surface area contributed by atoms with Crippen LogP contribution < -0.4 is 5.73 Å². The van der Waals surface area contributed by atoms with E-state index in [2.05, 4.69) is 0 Å². The molecule has 0 spiro atoms. The Hall–Kier alpha value is -2.64. The number of halogens is 5. The van der Waals surface area contributed by atoms with Gasteiger partial charge in [-0.05, 0) is 16.8 Å². The van der Waals surface area contributed by atoms with Crippen LogP contribution in [-0.2, 0) is 11.2 Å². The highest BCUT2D eigenvalue weighted by molar-refractivity contribution is 6.02. The molecule has 0 aliphatic carbocycles. The van der Waals surface area contributed by atoms with Gasteiger partial charge in [0, 0.05) is 23.8 Å². The minimum Gasteiger partial charge on any atom is -0.508 e. The van der Waals surface area contributed by atoms with Crippen LogP contribution in [0.5, 0.6) is 5.75 Å². The first-order chi connectivity index (χ1) is 11.1. The molecule has 0 saturated carbocycles. The molecule has 8 heteroatoms. The van der Waals surface area contributed by atoms with Crippen molar-refractivity contribution in [2.45, 2.75) is 18.5 Å². The van der Waals surface area contributed by atoms with Crippen LogP contribution in [0.4, 0.5) is 22.0 Å². The Bertz CT molecular complexity index is 812. The normalized spacial score (nSPS) is 13.3. The van der Waals surface area contributed by atoms with Crippen molar-refractivity contribution in [2.24, 2.45) is 5.73 Å². The molecular weight excluding hydrogens is 333 g/mol. The van der Waals surface area contributed by atoms with Gasteiger partial charge in [0.1, 0.15) is 5.75 Å². The lowest BCUT2D eigenvalue weighted by molar-refractivity contribution is -0.266. The van der Waals surface area contributed by atoms with E-state index in [0.717, 1.165) is 0 Å². The van der Waals surface area contributed by atoms with E-state index >= 15 is 0 Å². The lowest BCUT2D eigenvalue weighted by Gasteiger charge is -2.20. The Morgan fingerprint density at radius 3 is 2.29 bits per heavy atom. The van der Waals surface area contributed by atoms with E-state index in [1.165, 1.54) is 6.07 Å². The van der Waals surface area contributed by atoms with Gasteiger partial charge in [-0.2, -0.15) is 22.0 Å². The number of aromatic hydroxyl groups is 1. The molecule has 0 amide bonds. The topological polar surface area (TPSA) is 63.3 Å². The SMILES string of the molecule is N/C=C(\Cc1c(O)ccc2ccccc12)C(=O)C(F)(F)C(F)(F)F. The zero-order valence-electron chi connectivity index (χ0n) is 12.1. The predicted molar refractivity (Wildman–Crippen MR) is 77.6 cm³/mol. The zero-order valence-corrected chi connectivity index (χ0v) is 12.1. The highest BCUT2D eigenvalue weighted by atomic mass is 19.4. The van der Waals surface area contributed by atoms with Gasteiger partial charge >= 0.3 is 12.1 Å². The number of hydrogen-bond donors (Lipinski definition) is 2. The number of carbonyl (C=O) groups is 1. The summed E-state index contributed by atoms with van der Waals surface area (Å²) in [6, 6.07) is 9.31. The Morgan fingerprint density at radius 2 is 1.71 bits per heavy atom. The molecule has 0 radical (unpaired) electrons. The summed E-state index contributed by atoms with van der Waals surface area (Å²) in [4.78, 5) is 11.6. The summed E-state index contributed by atoms with van der Waals surface area (Å²) in [5.41, 5.74) is 4.19. The minimum atomic E-state index is -6.03. The standard InChI is InChI=1S/C16H12F5NO2/c17-15(18,16(19,20)21)14(24)10(8-22)7-12-11-4-2-1-3-9(11)5-6-13(12)23/h1-6,8,23H,7,22H2/b10-8+. The molecule has 128 valence electrons. The summed E-state index contributed by atoms with van der Waals surface area (Å²) in [5, 5.41) is 10.9. The number of carbonyl (C=O) groups excluding carboxylic acids is 1. The van der Waals surface area contributed by atoms with Crippen LogP contribution >= 0.6 is 0 Å². The quantitative estimate of drug-likeness (QED) is 0.656. The van der Waals surface area contributed by atoms with Crippen molar-refractivity contribution in [1.82, 2.24) is 0 Å². The van der Waals surface area contributed by atoms with Crippen molar-refractivity contribution in [3.63, 3.8) is 0 Å². The van der Waals surface area contributed by atoms with Gasteiger partial charge in [0.25, 0.3) is 0 Å². The molecule has 2 aromatic carbocycles. The molecule has 0 bridgehead atoms. The lowest BCUT2D eigenvalue weighted by atomic mass is 9.94. The number of phenols is 1. The largest absolute Gasteiger partial charge is 0.508 e. The monoisotopic (exact) mass is 345 g/mol. The molecule has 3 N–H and O–H groups in total. The summed E-state index contributed by atoms with van der Waals surface area (Å²) >= 11 is 0. The van der Waals surface area contributed by atoms with Crippen molar-refractivity contribution >= 4 is 16.6 Å². The zero-order chi connectivity index (χ0) is 18.1. The van der Waals surface area contributed by atoms with Crippen molar-refractivity contribution in [1.29, 1.82) is 0 Å². The fourth-order valence-electron chi connectivity index (χ4n) is 2.25. The highest BCUT2D eigenvalue weighted by Crippen LogP contribution is 2.39. The number of Topliss-reactive ketones (excluding diaryl/α,β-unsaturated/α-hetero) is 1. The number of ketones is 1. The summed E-state index contributed by atoms with van der Waals surface area (Å²) < 4.78 is 63.6. The van der Waals surface area contributed by atoms with Crippen molar-refractivity contribution in [3.05, 3.63) is 53.7 Å².